The van der Waals surface area contributed by atoms with Crippen LogP contribution < -0.4 is 10.6 Å². The number of halogens is 2. The molecule has 1 aliphatic heterocycles. The summed E-state index contributed by atoms with van der Waals surface area (Å²) in [6, 6.07) is 2.69. The van der Waals surface area contributed by atoms with E-state index in [1.807, 2.05) is 0 Å². The second-order valence-corrected chi connectivity index (χ2v) is 6.53. The Kier molecular flexibility index (Phi) is 5.01. The van der Waals surface area contributed by atoms with Crippen LogP contribution in [-0.4, -0.2) is 24.8 Å². The van der Waals surface area contributed by atoms with Gasteiger partial charge in [0.05, 0.1) is 5.69 Å². The lowest BCUT2D eigenvalue weighted by Gasteiger charge is -2.24. The first-order chi connectivity index (χ1) is 10.3. The molecule has 1 atom stereocenters. The fourth-order valence-corrected chi connectivity index (χ4v) is 2.49. The molecule has 1 amide bonds. The first-order valence-electron chi connectivity index (χ1n) is 7.46. The summed E-state index contributed by atoms with van der Waals surface area (Å²) in [7, 11) is 0. The molecular weight excluding hydrogens is 290 g/mol. The van der Waals surface area contributed by atoms with Crippen molar-refractivity contribution in [3.05, 3.63) is 29.3 Å². The molecule has 1 unspecified atom stereocenters. The van der Waals surface area contributed by atoms with Gasteiger partial charge in [0.2, 0.25) is 0 Å². The van der Waals surface area contributed by atoms with Crippen molar-refractivity contribution >= 4 is 11.8 Å². The second kappa shape index (κ2) is 6.60. The summed E-state index contributed by atoms with van der Waals surface area (Å²) >= 11 is 0. The molecular formula is C16H22F2N2O2. The Morgan fingerprint density at radius 3 is 2.68 bits per heavy atom. The van der Waals surface area contributed by atoms with Crippen molar-refractivity contribution in [2.75, 3.05) is 18.4 Å². The number of benzene rings is 1. The van der Waals surface area contributed by atoms with E-state index in [4.69, 9.17) is 4.74 Å². The molecule has 0 bridgehead atoms. The summed E-state index contributed by atoms with van der Waals surface area (Å²) in [5, 5.41) is 5.52. The van der Waals surface area contributed by atoms with Gasteiger partial charge in [-0.3, -0.25) is 5.32 Å². The van der Waals surface area contributed by atoms with Crippen molar-refractivity contribution in [2.45, 2.75) is 45.1 Å². The lowest BCUT2D eigenvalue weighted by Crippen LogP contribution is -2.29. The first-order valence-corrected chi connectivity index (χ1v) is 7.46. The number of hydrogen-bond acceptors (Lipinski definition) is 3. The molecule has 0 aliphatic carbocycles. The predicted molar refractivity (Wildman–Crippen MR) is 81.1 cm³/mol. The Morgan fingerprint density at radius 2 is 2.09 bits per heavy atom. The largest absolute Gasteiger partial charge is 0.444 e. The molecule has 1 aromatic carbocycles. The number of amides is 1. The summed E-state index contributed by atoms with van der Waals surface area (Å²) in [6.07, 6.45) is 1.09. The van der Waals surface area contributed by atoms with Crippen molar-refractivity contribution < 1.29 is 18.3 Å². The minimum atomic E-state index is -1.07. The minimum Gasteiger partial charge on any atom is -0.444 e. The van der Waals surface area contributed by atoms with Crippen LogP contribution >= 0.6 is 0 Å². The van der Waals surface area contributed by atoms with E-state index >= 15 is 0 Å². The molecule has 0 spiro atoms. The van der Waals surface area contributed by atoms with Crippen LogP contribution in [0.2, 0.25) is 0 Å². The molecule has 1 heterocycles. The van der Waals surface area contributed by atoms with Gasteiger partial charge < -0.3 is 10.1 Å². The summed E-state index contributed by atoms with van der Waals surface area (Å²) in [6.45, 7) is 6.76. The van der Waals surface area contributed by atoms with Crippen LogP contribution in [-0.2, 0) is 4.74 Å². The molecule has 122 valence electrons. The van der Waals surface area contributed by atoms with Gasteiger partial charge in [-0.2, -0.15) is 0 Å². The van der Waals surface area contributed by atoms with Gasteiger partial charge in [-0.15, -0.1) is 0 Å². The molecule has 1 aromatic rings. The minimum absolute atomic E-state index is 0.114. The molecule has 1 saturated heterocycles. The van der Waals surface area contributed by atoms with Gasteiger partial charge >= 0.3 is 6.09 Å². The van der Waals surface area contributed by atoms with E-state index in [-0.39, 0.29) is 11.6 Å². The molecule has 2 N–H and O–H groups in total. The van der Waals surface area contributed by atoms with Crippen molar-refractivity contribution in [3.63, 3.8) is 0 Å². The third-order valence-corrected chi connectivity index (χ3v) is 3.45. The number of anilines is 1. The Labute approximate surface area is 129 Å². The number of piperidine rings is 1. The van der Waals surface area contributed by atoms with Crippen LogP contribution in [0.3, 0.4) is 0 Å². The van der Waals surface area contributed by atoms with E-state index in [9.17, 15) is 13.6 Å². The monoisotopic (exact) mass is 312 g/mol. The van der Waals surface area contributed by atoms with E-state index in [1.54, 1.807) is 20.8 Å². The van der Waals surface area contributed by atoms with Crippen LogP contribution in [0.5, 0.6) is 0 Å². The summed E-state index contributed by atoms with van der Waals surface area (Å²) < 4.78 is 32.7. The van der Waals surface area contributed by atoms with E-state index in [0.29, 0.717) is 5.56 Å². The quantitative estimate of drug-likeness (QED) is 0.874. The molecule has 0 radical (unpaired) electrons. The number of nitrogens with one attached hydrogen (secondary N) is 2. The SMILES string of the molecule is CC(C)(C)OC(=O)Nc1cc(C2CCCNC2)cc(F)c1F. The van der Waals surface area contributed by atoms with E-state index < -0.39 is 23.3 Å². The number of ether oxygens (including phenoxy) is 1. The topological polar surface area (TPSA) is 50.4 Å². The normalized spacial score (nSPS) is 18.9. The Bertz CT molecular complexity index is 550. The van der Waals surface area contributed by atoms with Crippen LogP contribution in [0, 0.1) is 11.6 Å². The maximum absolute atomic E-state index is 13.9. The van der Waals surface area contributed by atoms with Gasteiger partial charge in [0, 0.05) is 6.54 Å². The van der Waals surface area contributed by atoms with Crippen LogP contribution in [0.25, 0.3) is 0 Å². The summed E-state index contributed by atoms with van der Waals surface area (Å²) in [5.74, 6) is -1.92. The lowest BCUT2D eigenvalue weighted by atomic mass is 9.91. The maximum atomic E-state index is 13.9. The Balaban J connectivity index is 2.19. The second-order valence-electron chi connectivity index (χ2n) is 6.53. The highest BCUT2D eigenvalue weighted by molar-refractivity contribution is 5.85. The van der Waals surface area contributed by atoms with Gasteiger partial charge in [0.1, 0.15) is 5.60 Å². The number of rotatable bonds is 2. The fourth-order valence-electron chi connectivity index (χ4n) is 2.49. The van der Waals surface area contributed by atoms with Crippen LogP contribution in [0.4, 0.5) is 19.3 Å². The maximum Gasteiger partial charge on any atom is 0.412 e. The average Bonchev–Trinajstić information content (AvgIpc) is 2.42. The highest BCUT2D eigenvalue weighted by Gasteiger charge is 2.22. The van der Waals surface area contributed by atoms with E-state index in [0.717, 1.165) is 25.9 Å². The van der Waals surface area contributed by atoms with Crippen LogP contribution in [0.1, 0.15) is 45.1 Å². The zero-order chi connectivity index (χ0) is 16.3. The number of hydrogen-bond donors (Lipinski definition) is 2. The molecule has 0 aromatic heterocycles. The highest BCUT2D eigenvalue weighted by Crippen LogP contribution is 2.29. The van der Waals surface area contributed by atoms with Crippen molar-refractivity contribution in [2.24, 2.45) is 0 Å². The standard InChI is InChI=1S/C16H22F2N2O2/c1-16(2,3)22-15(21)20-13-8-11(7-12(17)14(13)18)10-5-4-6-19-9-10/h7-8,10,19H,4-6,9H2,1-3H3,(H,20,21). The molecule has 4 nitrogen and oxygen atoms in total. The number of carbonyl (C=O) groups excluding carboxylic acids is 1. The molecule has 0 saturated carbocycles. The van der Waals surface area contributed by atoms with Gasteiger partial charge in [-0.1, -0.05) is 0 Å². The third-order valence-electron chi connectivity index (χ3n) is 3.45. The third kappa shape index (κ3) is 4.40. The summed E-state index contributed by atoms with van der Waals surface area (Å²) in [4.78, 5) is 11.7. The van der Waals surface area contributed by atoms with Gasteiger partial charge in [0.15, 0.2) is 11.6 Å². The molecule has 1 fully saturated rings. The van der Waals surface area contributed by atoms with E-state index in [1.165, 1.54) is 12.1 Å². The zero-order valence-corrected chi connectivity index (χ0v) is 13.1. The average molecular weight is 312 g/mol. The molecule has 22 heavy (non-hydrogen) atoms. The molecule has 6 heteroatoms. The summed E-state index contributed by atoms with van der Waals surface area (Å²) in [5.41, 5.74) is -0.212. The highest BCUT2D eigenvalue weighted by atomic mass is 19.2. The molecule has 1 aliphatic rings. The van der Waals surface area contributed by atoms with Gasteiger partial charge in [-0.25, -0.2) is 13.6 Å². The van der Waals surface area contributed by atoms with Gasteiger partial charge in [-0.05, 0) is 63.8 Å². The zero-order valence-electron chi connectivity index (χ0n) is 13.1. The van der Waals surface area contributed by atoms with Crippen molar-refractivity contribution in [1.29, 1.82) is 0 Å². The predicted octanol–water partition coefficient (Wildman–Crippen LogP) is 3.78. The van der Waals surface area contributed by atoms with Crippen LogP contribution in [0.15, 0.2) is 12.1 Å². The lowest BCUT2D eigenvalue weighted by molar-refractivity contribution is 0.0635. The Morgan fingerprint density at radius 1 is 1.36 bits per heavy atom. The van der Waals surface area contributed by atoms with E-state index in [2.05, 4.69) is 10.6 Å². The van der Waals surface area contributed by atoms with Crippen molar-refractivity contribution in [3.8, 4) is 0 Å². The first kappa shape index (κ1) is 16.7. The molecule has 2 rings (SSSR count). The van der Waals surface area contributed by atoms with Crippen molar-refractivity contribution in [1.82, 2.24) is 5.32 Å². The fraction of sp³-hybridized carbons (Fsp3) is 0.562. The Hall–Kier alpha value is -1.69. The van der Waals surface area contributed by atoms with Gasteiger partial charge in [0.25, 0.3) is 0 Å². The smallest absolute Gasteiger partial charge is 0.412 e. The number of carbonyl (C=O) groups is 1.